The molecular weight excluding hydrogens is 216 g/mol. The van der Waals surface area contributed by atoms with E-state index in [1.807, 2.05) is 12.1 Å². The van der Waals surface area contributed by atoms with E-state index in [2.05, 4.69) is 6.92 Å². The normalized spacial score (nSPS) is 20.8. The predicted molar refractivity (Wildman–Crippen MR) is 61.0 cm³/mol. The molecule has 1 aromatic rings. The molecule has 1 heterocycles. The van der Waals surface area contributed by atoms with Crippen molar-refractivity contribution < 1.29 is 5.11 Å². The fourth-order valence-electron chi connectivity index (χ4n) is 1.93. The summed E-state index contributed by atoms with van der Waals surface area (Å²) in [5.74, 6) is 0.522. The van der Waals surface area contributed by atoms with Crippen molar-refractivity contribution in [2.45, 2.75) is 38.2 Å². The van der Waals surface area contributed by atoms with Gasteiger partial charge in [0.2, 0.25) is 0 Å². The van der Waals surface area contributed by atoms with Gasteiger partial charge in [-0.25, -0.2) is 0 Å². The third kappa shape index (κ3) is 2.13. The molecule has 1 fully saturated rings. The van der Waals surface area contributed by atoms with Gasteiger partial charge in [0.15, 0.2) is 0 Å². The summed E-state index contributed by atoms with van der Waals surface area (Å²) >= 11 is 7.45. The highest BCUT2D eigenvalue weighted by molar-refractivity contribution is 7.16. The second-order valence-corrected chi connectivity index (χ2v) is 5.91. The molecule has 0 spiro atoms. The molecule has 1 aliphatic rings. The van der Waals surface area contributed by atoms with Crippen LogP contribution in [0.25, 0.3) is 0 Å². The summed E-state index contributed by atoms with van der Waals surface area (Å²) in [6.07, 6.45) is 3.98. The highest BCUT2D eigenvalue weighted by atomic mass is 35.5. The first-order valence-corrected chi connectivity index (χ1v) is 6.30. The summed E-state index contributed by atoms with van der Waals surface area (Å²) in [6, 6.07) is 3.93. The summed E-state index contributed by atoms with van der Waals surface area (Å²) in [4.78, 5) is 1.20. The zero-order valence-electron chi connectivity index (χ0n) is 8.29. The van der Waals surface area contributed by atoms with Gasteiger partial charge < -0.3 is 5.11 Å². The van der Waals surface area contributed by atoms with Crippen molar-refractivity contribution >= 4 is 22.9 Å². The summed E-state index contributed by atoms with van der Waals surface area (Å²) in [7, 11) is 0. The Kier molecular flexibility index (Phi) is 2.87. The highest BCUT2D eigenvalue weighted by Crippen LogP contribution is 2.44. The average Bonchev–Trinajstić information content (AvgIpc) is 2.93. The smallest absolute Gasteiger partial charge is 0.0931 e. The van der Waals surface area contributed by atoms with Crippen LogP contribution in [0.5, 0.6) is 0 Å². The van der Waals surface area contributed by atoms with E-state index in [-0.39, 0.29) is 0 Å². The van der Waals surface area contributed by atoms with Crippen molar-refractivity contribution in [3.8, 4) is 0 Å². The summed E-state index contributed by atoms with van der Waals surface area (Å²) in [5.41, 5.74) is -0.478. The van der Waals surface area contributed by atoms with Gasteiger partial charge in [-0.15, -0.1) is 11.3 Å². The summed E-state index contributed by atoms with van der Waals surface area (Å²) in [6.45, 7) is 2.06. The van der Waals surface area contributed by atoms with Gasteiger partial charge in [-0.3, -0.25) is 0 Å². The van der Waals surface area contributed by atoms with Crippen molar-refractivity contribution in [3.05, 3.63) is 21.3 Å². The largest absolute Gasteiger partial charge is 0.389 e. The molecular formula is C11H15ClOS. The molecule has 0 bridgehead atoms. The van der Waals surface area contributed by atoms with Gasteiger partial charge in [0, 0.05) is 11.3 Å². The van der Waals surface area contributed by atoms with E-state index in [0.717, 1.165) is 17.2 Å². The fourth-order valence-corrected chi connectivity index (χ4v) is 3.13. The summed E-state index contributed by atoms with van der Waals surface area (Å²) < 4.78 is 0.814. The Labute approximate surface area is 93.7 Å². The minimum atomic E-state index is -0.478. The minimum absolute atomic E-state index is 0.478. The Morgan fingerprint density at radius 1 is 1.57 bits per heavy atom. The maximum absolute atomic E-state index is 10.4. The van der Waals surface area contributed by atoms with Gasteiger partial charge in [-0.1, -0.05) is 18.5 Å². The molecule has 1 nitrogen and oxygen atoms in total. The molecule has 78 valence electrons. The first-order chi connectivity index (χ1) is 6.64. The molecule has 1 unspecified atom stereocenters. The second-order valence-electron chi connectivity index (χ2n) is 4.11. The molecule has 1 aliphatic carbocycles. The van der Waals surface area contributed by atoms with Gasteiger partial charge in [0.25, 0.3) is 0 Å². The molecule has 0 aliphatic heterocycles. The Morgan fingerprint density at radius 2 is 2.29 bits per heavy atom. The number of aliphatic hydroxyl groups is 1. The van der Waals surface area contributed by atoms with Gasteiger partial charge >= 0.3 is 0 Å². The third-order valence-electron chi connectivity index (χ3n) is 3.06. The fraction of sp³-hybridized carbons (Fsp3) is 0.636. The van der Waals surface area contributed by atoms with Crippen LogP contribution in [0.1, 0.15) is 31.1 Å². The lowest BCUT2D eigenvalue weighted by molar-refractivity contribution is 0.0146. The van der Waals surface area contributed by atoms with Crippen LogP contribution in [-0.4, -0.2) is 10.7 Å². The van der Waals surface area contributed by atoms with Crippen molar-refractivity contribution in [1.82, 2.24) is 0 Å². The standard InChI is InChI=1S/C11H15ClOS/c1-2-11(13,8-3-4-8)7-9-5-6-10(12)14-9/h5-6,8,13H,2-4,7H2,1H3. The number of hydrogen-bond acceptors (Lipinski definition) is 2. The Hall–Kier alpha value is -0.0500. The lowest BCUT2D eigenvalue weighted by Crippen LogP contribution is -2.32. The van der Waals surface area contributed by atoms with Crippen LogP contribution in [0.2, 0.25) is 4.34 Å². The van der Waals surface area contributed by atoms with Gasteiger partial charge in [-0.2, -0.15) is 0 Å². The second kappa shape index (κ2) is 3.84. The molecule has 3 heteroatoms. The number of halogens is 1. The molecule has 1 aromatic heterocycles. The van der Waals surface area contributed by atoms with Gasteiger partial charge in [-0.05, 0) is 37.3 Å². The van der Waals surface area contributed by atoms with Crippen molar-refractivity contribution in [3.63, 3.8) is 0 Å². The monoisotopic (exact) mass is 230 g/mol. The SMILES string of the molecule is CCC(O)(Cc1ccc(Cl)s1)C1CC1. The third-order valence-corrected chi connectivity index (χ3v) is 4.29. The van der Waals surface area contributed by atoms with Crippen LogP contribution in [0, 0.1) is 5.92 Å². The number of thiophene rings is 1. The lowest BCUT2D eigenvalue weighted by atomic mass is 9.90. The van der Waals surface area contributed by atoms with Crippen LogP contribution in [0.15, 0.2) is 12.1 Å². The molecule has 1 saturated carbocycles. The van der Waals surface area contributed by atoms with Gasteiger partial charge in [0.05, 0.1) is 9.94 Å². The van der Waals surface area contributed by atoms with Crippen LogP contribution < -0.4 is 0 Å². The first kappa shape index (κ1) is 10.5. The maximum atomic E-state index is 10.4. The Bertz CT molecular complexity index is 319. The molecule has 1 atom stereocenters. The topological polar surface area (TPSA) is 20.2 Å². The summed E-state index contributed by atoms with van der Waals surface area (Å²) in [5, 5.41) is 10.4. The Balaban J connectivity index is 2.07. The molecule has 0 saturated heterocycles. The molecule has 0 aromatic carbocycles. The molecule has 0 amide bonds. The van der Waals surface area contributed by atoms with E-state index in [1.165, 1.54) is 17.7 Å². The van der Waals surface area contributed by atoms with E-state index in [9.17, 15) is 5.11 Å². The van der Waals surface area contributed by atoms with Crippen LogP contribution >= 0.6 is 22.9 Å². The lowest BCUT2D eigenvalue weighted by Gasteiger charge is -2.26. The number of rotatable bonds is 4. The van der Waals surface area contributed by atoms with Crippen molar-refractivity contribution in [2.24, 2.45) is 5.92 Å². The predicted octanol–water partition coefficient (Wildman–Crippen LogP) is 3.50. The zero-order valence-corrected chi connectivity index (χ0v) is 9.87. The van der Waals surface area contributed by atoms with Gasteiger partial charge in [0.1, 0.15) is 0 Å². The van der Waals surface area contributed by atoms with E-state index in [1.54, 1.807) is 11.3 Å². The average molecular weight is 231 g/mol. The van der Waals surface area contributed by atoms with E-state index < -0.39 is 5.60 Å². The van der Waals surface area contributed by atoms with E-state index in [0.29, 0.717) is 5.92 Å². The first-order valence-electron chi connectivity index (χ1n) is 5.10. The van der Waals surface area contributed by atoms with Crippen LogP contribution in [-0.2, 0) is 6.42 Å². The van der Waals surface area contributed by atoms with E-state index in [4.69, 9.17) is 11.6 Å². The number of hydrogen-bond donors (Lipinski definition) is 1. The minimum Gasteiger partial charge on any atom is -0.389 e. The zero-order chi connectivity index (χ0) is 10.2. The van der Waals surface area contributed by atoms with Crippen LogP contribution in [0.4, 0.5) is 0 Å². The van der Waals surface area contributed by atoms with E-state index >= 15 is 0 Å². The van der Waals surface area contributed by atoms with Crippen molar-refractivity contribution in [2.75, 3.05) is 0 Å². The quantitative estimate of drug-likeness (QED) is 0.840. The van der Waals surface area contributed by atoms with Crippen molar-refractivity contribution in [1.29, 1.82) is 0 Å². The maximum Gasteiger partial charge on any atom is 0.0931 e. The molecule has 14 heavy (non-hydrogen) atoms. The molecule has 1 N–H and O–H groups in total. The van der Waals surface area contributed by atoms with Crippen LogP contribution in [0.3, 0.4) is 0 Å². The molecule has 2 rings (SSSR count). The Morgan fingerprint density at radius 3 is 2.71 bits per heavy atom. The highest BCUT2D eigenvalue weighted by Gasteiger charge is 2.42. The molecule has 0 radical (unpaired) electrons.